The fraction of sp³-hybridized carbons (Fsp3) is 0.333. The van der Waals surface area contributed by atoms with Crippen LogP contribution in [0, 0.1) is 13.8 Å². The normalized spacial score (nSPS) is 10.8. The molecule has 148 valence electrons. The summed E-state index contributed by atoms with van der Waals surface area (Å²) < 4.78 is 7.46. The highest BCUT2D eigenvalue weighted by Crippen LogP contribution is 2.20. The SMILES string of the molecule is COC(=O)Cc1csc(NC(=O)CSc2nnc(-n3nc(C)cc3C)n2N)n1. The molecule has 0 radical (unpaired) electrons. The number of methoxy groups -OCH3 is 1. The first-order valence-electron chi connectivity index (χ1n) is 8.05. The quantitative estimate of drug-likeness (QED) is 0.319. The minimum absolute atomic E-state index is 0.0585. The van der Waals surface area contributed by atoms with Crippen molar-refractivity contribution in [2.24, 2.45) is 0 Å². The minimum Gasteiger partial charge on any atom is -0.469 e. The number of ether oxygens (including phenoxy) is 1. The Morgan fingerprint density at radius 1 is 1.36 bits per heavy atom. The van der Waals surface area contributed by atoms with E-state index in [1.54, 1.807) is 10.1 Å². The number of nitrogens with two attached hydrogens (primary N) is 1. The number of nitrogens with one attached hydrogen (secondary N) is 1. The Labute approximate surface area is 168 Å². The van der Waals surface area contributed by atoms with Gasteiger partial charge in [0.15, 0.2) is 5.13 Å². The third kappa shape index (κ3) is 4.48. The van der Waals surface area contributed by atoms with E-state index < -0.39 is 0 Å². The van der Waals surface area contributed by atoms with Gasteiger partial charge >= 0.3 is 5.97 Å². The molecule has 3 rings (SSSR count). The third-order valence-electron chi connectivity index (χ3n) is 3.53. The van der Waals surface area contributed by atoms with Crippen molar-refractivity contribution < 1.29 is 14.3 Å². The van der Waals surface area contributed by atoms with Crippen LogP contribution in [-0.4, -0.2) is 54.4 Å². The maximum atomic E-state index is 12.1. The predicted octanol–water partition coefficient (Wildman–Crippen LogP) is 0.697. The molecule has 0 saturated heterocycles. The number of carbonyl (C=O) groups is 2. The number of anilines is 1. The first-order chi connectivity index (χ1) is 13.4. The van der Waals surface area contributed by atoms with Gasteiger partial charge in [-0.25, -0.2) is 14.3 Å². The summed E-state index contributed by atoms with van der Waals surface area (Å²) in [5, 5.41) is 17.5. The number of hydrogen-bond donors (Lipinski definition) is 2. The van der Waals surface area contributed by atoms with Crippen LogP contribution < -0.4 is 11.2 Å². The second-order valence-electron chi connectivity index (χ2n) is 5.73. The lowest BCUT2D eigenvalue weighted by Gasteiger charge is -2.05. The molecule has 0 aliphatic heterocycles. The number of esters is 1. The highest BCUT2D eigenvalue weighted by molar-refractivity contribution is 7.99. The van der Waals surface area contributed by atoms with E-state index in [1.165, 1.54) is 23.1 Å². The summed E-state index contributed by atoms with van der Waals surface area (Å²) in [5.74, 6) is 5.80. The third-order valence-corrected chi connectivity index (χ3v) is 5.28. The van der Waals surface area contributed by atoms with Crippen molar-refractivity contribution in [3.63, 3.8) is 0 Å². The zero-order valence-corrected chi connectivity index (χ0v) is 17.0. The van der Waals surface area contributed by atoms with Crippen LogP contribution >= 0.6 is 23.1 Å². The fourth-order valence-electron chi connectivity index (χ4n) is 2.29. The Bertz CT molecular complexity index is 1010. The standard InChI is InChI=1S/C15H18N8O3S2/c1-8-4-9(2)23(21-8)14-19-20-15(22(14)16)28-7-11(24)18-13-17-10(6-27-13)5-12(25)26-3/h4,6H,5,7,16H2,1-3H3,(H,17,18,24). The Balaban J connectivity index is 1.58. The molecule has 0 aliphatic carbocycles. The Hall–Kier alpha value is -2.93. The molecule has 0 saturated carbocycles. The number of thiazole rings is 1. The number of nitrogen functional groups attached to an aromatic ring is 1. The van der Waals surface area contributed by atoms with Crippen LogP contribution in [0.5, 0.6) is 0 Å². The molecule has 3 aromatic heterocycles. The van der Waals surface area contributed by atoms with Crippen molar-refractivity contribution >= 4 is 40.1 Å². The van der Waals surface area contributed by atoms with Crippen LogP contribution in [-0.2, 0) is 20.7 Å². The number of thioether (sulfide) groups is 1. The van der Waals surface area contributed by atoms with Gasteiger partial charge in [0, 0.05) is 11.1 Å². The van der Waals surface area contributed by atoms with E-state index in [9.17, 15) is 9.59 Å². The van der Waals surface area contributed by atoms with E-state index in [1.807, 2.05) is 19.9 Å². The molecule has 3 N–H and O–H groups in total. The van der Waals surface area contributed by atoms with Gasteiger partial charge in [0.1, 0.15) is 0 Å². The molecule has 13 heteroatoms. The highest BCUT2D eigenvalue weighted by Gasteiger charge is 2.16. The van der Waals surface area contributed by atoms with Gasteiger partial charge in [-0.1, -0.05) is 11.8 Å². The summed E-state index contributed by atoms with van der Waals surface area (Å²) in [7, 11) is 1.31. The van der Waals surface area contributed by atoms with E-state index >= 15 is 0 Å². The van der Waals surface area contributed by atoms with Crippen molar-refractivity contribution in [3.8, 4) is 5.95 Å². The van der Waals surface area contributed by atoms with Crippen LogP contribution in [0.4, 0.5) is 5.13 Å². The van der Waals surface area contributed by atoms with Crippen molar-refractivity contribution in [3.05, 3.63) is 28.5 Å². The lowest BCUT2D eigenvalue weighted by atomic mass is 10.3. The molecule has 28 heavy (non-hydrogen) atoms. The molecule has 1 amide bonds. The Morgan fingerprint density at radius 3 is 2.82 bits per heavy atom. The molecule has 0 bridgehead atoms. The Kier molecular flexibility index (Phi) is 5.94. The second kappa shape index (κ2) is 8.39. The smallest absolute Gasteiger partial charge is 0.311 e. The van der Waals surface area contributed by atoms with Crippen LogP contribution in [0.2, 0.25) is 0 Å². The number of aryl methyl sites for hydroxylation is 2. The van der Waals surface area contributed by atoms with Gasteiger partial charge in [0.25, 0.3) is 5.95 Å². The summed E-state index contributed by atoms with van der Waals surface area (Å²) in [4.78, 5) is 27.6. The first-order valence-corrected chi connectivity index (χ1v) is 9.92. The van der Waals surface area contributed by atoms with Gasteiger partial charge in [-0.3, -0.25) is 9.59 Å². The molecule has 0 aliphatic rings. The van der Waals surface area contributed by atoms with Crippen LogP contribution in [0.3, 0.4) is 0 Å². The summed E-state index contributed by atoms with van der Waals surface area (Å²) >= 11 is 2.37. The largest absolute Gasteiger partial charge is 0.469 e. The lowest BCUT2D eigenvalue weighted by Crippen LogP contribution is -2.18. The molecule has 0 spiro atoms. The topological polar surface area (TPSA) is 143 Å². The number of hydrogen-bond acceptors (Lipinski definition) is 10. The average molecular weight is 422 g/mol. The van der Waals surface area contributed by atoms with Gasteiger partial charge in [0.2, 0.25) is 11.1 Å². The number of carbonyl (C=O) groups excluding carboxylic acids is 2. The van der Waals surface area contributed by atoms with E-state index in [2.05, 4.69) is 30.3 Å². The molecular formula is C15H18N8O3S2. The van der Waals surface area contributed by atoms with Gasteiger partial charge in [-0.15, -0.1) is 21.5 Å². The molecule has 3 heterocycles. The van der Waals surface area contributed by atoms with Gasteiger partial charge < -0.3 is 15.9 Å². The second-order valence-corrected chi connectivity index (χ2v) is 7.53. The van der Waals surface area contributed by atoms with E-state index in [-0.39, 0.29) is 24.1 Å². The lowest BCUT2D eigenvalue weighted by molar-refractivity contribution is -0.139. The molecule has 0 atom stereocenters. The zero-order valence-electron chi connectivity index (χ0n) is 15.4. The molecule has 0 aromatic carbocycles. The maximum Gasteiger partial charge on any atom is 0.311 e. The van der Waals surface area contributed by atoms with Crippen molar-refractivity contribution in [1.29, 1.82) is 0 Å². The molecule has 3 aromatic rings. The number of nitrogens with zero attached hydrogens (tertiary/aromatic N) is 6. The van der Waals surface area contributed by atoms with Crippen LogP contribution in [0.1, 0.15) is 17.1 Å². The van der Waals surface area contributed by atoms with Gasteiger partial charge in [-0.2, -0.15) is 5.10 Å². The van der Waals surface area contributed by atoms with Gasteiger partial charge in [0.05, 0.1) is 30.7 Å². The summed E-state index contributed by atoms with van der Waals surface area (Å²) in [5.41, 5.74) is 2.25. The number of amides is 1. The molecule has 11 nitrogen and oxygen atoms in total. The van der Waals surface area contributed by atoms with Gasteiger partial charge in [-0.05, 0) is 19.9 Å². The summed E-state index contributed by atoms with van der Waals surface area (Å²) in [6, 6.07) is 1.90. The summed E-state index contributed by atoms with van der Waals surface area (Å²) in [6.45, 7) is 3.76. The maximum absolute atomic E-state index is 12.1. The molecular weight excluding hydrogens is 404 g/mol. The molecule has 0 fully saturated rings. The molecule has 0 unspecified atom stereocenters. The monoisotopic (exact) mass is 422 g/mol. The van der Waals surface area contributed by atoms with Crippen molar-refractivity contribution in [2.75, 3.05) is 24.0 Å². The zero-order chi connectivity index (χ0) is 20.3. The first kappa shape index (κ1) is 19.8. The van der Waals surface area contributed by atoms with Crippen LogP contribution in [0.15, 0.2) is 16.6 Å². The van der Waals surface area contributed by atoms with Crippen molar-refractivity contribution in [1.82, 2.24) is 29.6 Å². The van der Waals surface area contributed by atoms with E-state index in [4.69, 9.17) is 5.84 Å². The Morgan fingerprint density at radius 2 is 2.14 bits per heavy atom. The summed E-state index contributed by atoms with van der Waals surface area (Å²) in [6.07, 6.45) is 0.0585. The highest BCUT2D eigenvalue weighted by atomic mass is 32.2. The fourth-order valence-corrected chi connectivity index (χ4v) is 3.67. The van der Waals surface area contributed by atoms with Crippen LogP contribution in [0.25, 0.3) is 5.95 Å². The number of aromatic nitrogens is 6. The van der Waals surface area contributed by atoms with E-state index in [0.717, 1.165) is 23.1 Å². The number of rotatable bonds is 7. The predicted molar refractivity (Wildman–Crippen MR) is 104 cm³/mol. The minimum atomic E-state index is -0.389. The van der Waals surface area contributed by atoms with Crippen molar-refractivity contribution in [2.45, 2.75) is 25.4 Å². The van der Waals surface area contributed by atoms with E-state index in [0.29, 0.717) is 21.9 Å². The average Bonchev–Trinajstić information content (AvgIpc) is 3.32.